The Labute approximate surface area is 197 Å². The Morgan fingerprint density at radius 1 is 1.21 bits per heavy atom. The number of benzene rings is 2. The van der Waals surface area contributed by atoms with Crippen molar-refractivity contribution in [3.05, 3.63) is 71.6 Å². The van der Waals surface area contributed by atoms with Crippen LogP contribution in [0.25, 0.3) is 11.5 Å². The molecule has 0 N–H and O–H groups in total. The molecule has 1 unspecified atom stereocenters. The number of aromatic nitrogens is 1. The fraction of sp³-hybridized carbons (Fsp3) is 0.273. The number of aryl methyl sites for hydroxylation is 1. The monoisotopic (exact) mass is 419 g/mol. The number of carbonyl (C=O) groups is 1. The molecule has 1 aromatic heterocycles. The van der Waals surface area contributed by atoms with Crippen molar-refractivity contribution in [2.45, 2.75) is 31.3 Å². The van der Waals surface area contributed by atoms with E-state index in [4.69, 9.17) is 9.15 Å². The van der Waals surface area contributed by atoms with Crippen LogP contribution >= 0.6 is 11.8 Å². The molecule has 0 fully saturated rings. The Hall–Kier alpha value is -1.73. The van der Waals surface area contributed by atoms with Crippen molar-refractivity contribution in [3.8, 4) is 17.2 Å². The van der Waals surface area contributed by atoms with E-state index in [0.29, 0.717) is 24.7 Å². The van der Waals surface area contributed by atoms with Crippen molar-refractivity contribution in [2.24, 2.45) is 0 Å². The van der Waals surface area contributed by atoms with Crippen LogP contribution in [0.3, 0.4) is 0 Å². The molecule has 0 saturated carbocycles. The van der Waals surface area contributed by atoms with Crippen LogP contribution in [0.15, 0.2) is 59.0 Å². The Morgan fingerprint density at radius 3 is 2.69 bits per heavy atom. The van der Waals surface area contributed by atoms with Crippen LogP contribution in [0.5, 0.6) is 5.75 Å². The number of aliphatic carboxylic acids is 1. The van der Waals surface area contributed by atoms with E-state index in [0.717, 1.165) is 28.3 Å². The predicted octanol–water partition coefficient (Wildman–Crippen LogP) is 0.647. The van der Waals surface area contributed by atoms with Crippen LogP contribution in [0.1, 0.15) is 23.9 Å². The fourth-order valence-corrected chi connectivity index (χ4v) is 3.40. The molecule has 5 nitrogen and oxygen atoms in total. The fourth-order valence-electron chi connectivity index (χ4n) is 2.64. The minimum Gasteiger partial charge on any atom is -0.549 e. The molecule has 7 heteroatoms. The van der Waals surface area contributed by atoms with E-state index < -0.39 is 11.2 Å². The number of nitrogens with zero attached hydrogens (tertiary/aromatic N) is 1. The number of rotatable bonds is 9. The van der Waals surface area contributed by atoms with Crippen LogP contribution in [0.2, 0.25) is 0 Å². The minimum atomic E-state index is -1.05. The van der Waals surface area contributed by atoms with Crippen molar-refractivity contribution in [1.82, 2.24) is 4.98 Å². The summed E-state index contributed by atoms with van der Waals surface area (Å²) in [6.45, 7) is 4.02. The van der Waals surface area contributed by atoms with E-state index in [9.17, 15) is 9.90 Å². The zero-order chi connectivity index (χ0) is 19.9. The molecule has 0 aliphatic heterocycles. The molecule has 0 aliphatic carbocycles. The number of hydrogen-bond donors (Lipinski definition) is 0. The predicted molar refractivity (Wildman–Crippen MR) is 108 cm³/mol. The number of carboxylic acids is 1. The van der Waals surface area contributed by atoms with Crippen LogP contribution in [-0.2, 0) is 17.0 Å². The number of carbonyl (C=O) groups excluding carboxylic acids is 1. The van der Waals surface area contributed by atoms with Gasteiger partial charge in [-0.2, -0.15) is 0 Å². The molecule has 0 saturated heterocycles. The zero-order valence-electron chi connectivity index (χ0n) is 16.9. The Morgan fingerprint density at radius 2 is 1.97 bits per heavy atom. The summed E-state index contributed by atoms with van der Waals surface area (Å²) >= 11 is 1.33. The Kier molecular flexibility index (Phi) is 9.30. The second kappa shape index (κ2) is 11.5. The Balaban J connectivity index is 0.00000300. The van der Waals surface area contributed by atoms with E-state index in [1.165, 1.54) is 11.8 Å². The molecule has 0 aliphatic rings. The number of hydrogen-bond acceptors (Lipinski definition) is 6. The summed E-state index contributed by atoms with van der Waals surface area (Å²) in [5.41, 5.74) is 2.85. The minimum absolute atomic E-state index is 0. The summed E-state index contributed by atoms with van der Waals surface area (Å²) in [4.78, 5) is 15.4. The van der Waals surface area contributed by atoms with Gasteiger partial charge in [0, 0.05) is 23.0 Å². The topological polar surface area (TPSA) is 75.4 Å². The van der Waals surface area contributed by atoms with E-state index in [1.807, 2.05) is 61.5 Å². The van der Waals surface area contributed by atoms with Gasteiger partial charge in [-0.1, -0.05) is 30.3 Å². The number of thioether (sulfide) groups is 1. The molecule has 1 heterocycles. The largest absolute Gasteiger partial charge is 1.00 e. The first-order valence-electron chi connectivity index (χ1n) is 9.09. The first kappa shape index (κ1) is 23.5. The maximum Gasteiger partial charge on any atom is 1.00 e. The first-order valence-corrected chi connectivity index (χ1v) is 10.1. The van der Waals surface area contributed by atoms with Gasteiger partial charge in [0.05, 0.1) is 18.3 Å². The normalized spacial score (nSPS) is 11.5. The molecule has 0 spiro atoms. The molecular formula is C22H22NNaO4S. The van der Waals surface area contributed by atoms with E-state index in [-0.39, 0.29) is 29.6 Å². The molecule has 146 valence electrons. The maximum absolute atomic E-state index is 10.8. The van der Waals surface area contributed by atoms with Crippen molar-refractivity contribution >= 4 is 17.7 Å². The molecular weight excluding hydrogens is 397 g/mol. The molecule has 29 heavy (non-hydrogen) atoms. The third kappa shape index (κ3) is 6.93. The molecule has 0 radical (unpaired) electrons. The summed E-state index contributed by atoms with van der Waals surface area (Å²) in [6.07, 6.45) is 0.642. The van der Waals surface area contributed by atoms with Crippen LogP contribution < -0.4 is 39.4 Å². The van der Waals surface area contributed by atoms with Crippen molar-refractivity contribution in [3.63, 3.8) is 0 Å². The Bertz CT molecular complexity index is 930. The summed E-state index contributed by atoms with van der Waals surface area (Å²) in [6, 6.07) is 17.5. The van der Waals surface area contributed by atoms with Gasteiger partial charge >= 0.3 is 29.6 Å². The molecule has 2 aromatic carbocycles. The molecule has 1 atom stereocenters. The van der Waals surface area contributed by atoms with Gasteiger partial charge in [-0.05, 0) is 43.7 Å². The van der Waals surface area contributed by atoms with Crippen molar-refractivity contribution < 1.29 is 48.6 Å². The second-order valence-corrected chi connectivity index (χ2v) is 7.74. The summed E-state index contributed by atoms with van der Waals surface area (Å²) < 4.78 is 11.6. The van der Waals surface area contributed by atoms with E-state index >= 15 is 0 Å². The van der Waals surface area contributed by atoms with Gasteiger partial charge in [-0.25, -0.2) is 4.98 Å². The SMILES string of the molecule is Cc1oc(-c2ccccc2)nc1CCOc1cccc(CSC(C)C(=O)[O-])c1.[Na+]. The smallest absolute Gasteiger partial charge is 0.549 e. The van der Waals surface area contributed by atoms with Gasteiger partial charge in [0.25, 0.3) is 0 Å². The average Bonchev–Trinajstić information content (AvgIpc) is 3.08. The summed E-state index contributed by atoms with van der Waals surface area (Å²) in [7, 11) is 0. The van der Waals surface area contributed by atoms with Gasteiger partial charge in [-0.15, -0.1) is 11.8 Å². The van der Waals surface area contributed by atoms with Crippen molar-refractivity contribution in [2.75, 3.05) is 6.61 Å². The van der Waals surface area contributed by atoms with Gasteiger partial charge < -0.3 is 19.1 Å². The van der Waals surface area contributed by atoms with Crippen molar-refractivity contribution in [1.29, 1.82) is 0 Å². The summed E-state index contributed by atoms with van der Waals surface area (Å²) in [5.74, 6) is 1.71. The average molecular weight is 419 g/mol. The standard InChI is InChI=1S/C22H23NO4S.Na/c1-15-20(23-21(27-15)18-8-4-3-5-9-18)11-12-26-19-10-6-7-17(13-19)14-28-16(2)22(24)25;/h3-10,13,16H,11-12,14H2,1-2H3,(H,24,25);/q;+1/p-1. The van der Waals surface area contributed by atoms with Gasteiger partial charge in [0.2, 0.25) is 5.89 Å². The third-order valence-corrected chi connectivity index (χ3v) is 5.44. The summed E-state index contributed by atoms with van der Waals surface area (Å²) in [5, 5.41) is 10.3. The molecule has 0 amide bonds. The third-order valence-electron chi connectivity index (χ3n) is 4.25. The van der Waals surface area contributed by atoms with Crippen LogP contribution in [-0.4, -0.2) is 22.8 Å². The van der Waals surface area contributed by atoms with Gasteiger partial charge in [-0.3, -0.25) is 0 Å². The molecule has 3 aromatic rings. The van der Waals surface area contributed by atoms with Gasteiger partial charge in [0.15, 0.2) is 0 Å². The number of ether oxygens (including phenoxy) is 1. The maximum atomic E-state index is 10.8. The van der Waals surface area contributed by atoms with Crippen LogP contribution in [0, 0.1) is 6.92 Å². The van der Waals surface area contributed by atoms with Crippen LogP contribution in [0.4, 0.5) is 0 Å². The zero-order valence-corrected chi connectivity index (χ0v) is 19.7. The van der Waals surface area contributed by atoms with Gasteiger partial charge in [0.1, 0.15) is 11.5 Å². The number of carboxylic acid groups (broad SMARTS) is 1. The quantitative estimate of drug-likeness (QED) is 0.474. The number of oxazole rings is 1. The van der Waals surface area contributed by atoms with E-state index in [1.54, 1.807) is 6.92 Å². The molecule has 0 bridgehead atoms. The molecule has 3 rings (SSSR count). The first-order chi connectivity index (χ1) is 13.5. The van der Waals surface area contributed by atoms with E-state index in [2.05, 4.69) is 4.98 Å². The second-order valence-electron chi connectivity index (χ2n) is 6.41.